The minimum Gasteiger partial charge on any atom is -0.342 e. The zero-order valence-corrected chi connectivity index (χ0v) is 12.0. The van der Waals surface area contributed by atoms with Crippen LogP contribution in [0.3, 0.4) is 0 Å². The molecule has 0 aromatic heterocycles. The van der Waals surface area contributed by atoms with Crippen molar-refractivity contribution in [1.82, 2.24) is 4.90 Å². The third-order valence-electron chi connectivity index (χ3n) is 4.71. The highest BCUT2D eigenvalue weighted by atomic mass is 32.1. The number of rotatable bonds is 4. The lowest BCUT2D eigenvalue weighted by molar-refractivity contribution is -0.128. The van der Waals surface area contributed by atoms with Gasteiger partial charge >= 0.3 is 0 Å². The zero-order chi connectivity index (χ0) is 12.5. The maximum Gasteiger partial charge on any atom is 0.222 e. The first-order valence-electron chi connectivity index (χ1n) is 6.95. The Bertz CT molecular complexity index is 284. The molecule has 1 saturated heterocycles. The lowest BCUT2D eigenvalue weighted by Gasteiger charge is -2.32. The topological polar surface area (TPSA) is 20.3 Å². The van der Waals surface area contributed by atoms with E-state index in [1.807, 2.05) is 0 Å². The smallest absolute Gasteiger partial charge is 0.222 e. The van der Waals surface area contributed by atoms with Crippen molar-refractivity contribution in [3.63, 3.8) is 0 Å². The first kappa shape index (κ1) is 13.3. The van der Waals surface area contributed by atoms with E-state index in [0.29, 0.717) is 23.2 Å². The third-order valence-corrected chi connectivity index (χ3v) is 5.38. The number of nitrogens with zero attached hydrogens (tertiary/aromatic N) is 1. The van der Waals surface area contributed by atoms with Crippen molar-refractivity contribution in [2.45, 2.75) is 46.0 Å². The van der Waals surface area contributed by atoms with Gasteiger partial charge in [0.25, 0.3) is 0 Å². The van der Waals surface area contributed by atoms with Gasteiger partial charge in [0, 0.05) is 19.5 Å². The molecule has 0 bridgehead atoms. The Morgan fingerprint density at radius 1 is 1.41 bits per heavy atom. The second-order valence-electron chi connectivity index (χ2n) is 6.35. The van der Waals surface area contributed by atoms with Crippen molar-refractivity contribution in [1.29, 1.82) is 0 Å². The molecule has 2 fully saturated rings. The fraction of sp³-hybridized carbons (Fsp3) is 0.929. The van der Waals surface area contributed by atoms with Gasteiger partial charge in [0.2, 0.25) is 5.91 Å². The summed E-state index contributed by atoms with van der Waals surface area (Å²) >= 11 is 4.53. The summed E-state index contributed by atoms with van der Waals surface area (Å²) in [6.07, 6.45) is 5.91. The van der Waals surface area contributed by atoms with Gasteiger partial charge in [-0.15, -0.1) is 0 Å². The van der Waals surface area contributed by atoms with E-state index in [9.17, 15) is 4.79 Å². The van der Waals surface area contributed by atoms with Crippen LogP contribution in [0.2, 0.25) is 0 Å². The van der Waals surface area contributed by atoms with Crippen LogP contribution in [0.1, 0.15) is 46.0 Å². The van der Waals surface area contributed by atoms with Gasteiger partial charge in [-0.2, -0.15) is 12.6 Å². The normalized spacial score (nSPS) is 28.4. The molecule has 3 heteroatoms. The van der Waals surface area contributed by atoms with Crippen LogP contribution in [0.5, 0.6) is 0 Å². The van der Waals surface area contributed by atoms with Gasteiger partial charge in [-0.05, 0) is 35.8 Å². The molecule has 1 heterocycles. The van der Waals surface area contributed by atoms with Gasteiger partial charge in [0.05, 0.1) is 0 Å². The molecule has 0 aromatic rings. The highest BCUT2D eigenvalue weighted by molar-refractivity contribution is 7.80. The fourth-order valence-electron chi connectivity index (χ4n) is 3.30. The molecule has 1 saturated carbocycles. The van der Waals surface area contributed by atoms with E-state index in [1.54, 1.807) is 0 Å². The SMILES string of the molecule is CC(C)C1CC(=O)N(CC2(CS)CCCC2)C1. The quantitative estimate of drug-likeness (QED) is 0.766. The minimum absolute atomic E-state index is 0.324. The van der Waals surface area contributed by atoms with E-state index in [1.165, 1.54) is 25.7 Å². The molecule has 2 rings (SSSR count). The van der Waals surface area contributed by atoms with Gasteiger partial charge in [-0.3, -0.25) is 4.79 Å². The summed E-state index contributed by atoms with van der Waals surface area (Å²) in [7, 11) is 0. The van der Waals surface area contributed by atoms with Crippen molar-refractivity contribution >= 4 is 18.5 Å². The average Bonchev–Trinajstić information content (AvgIpc) is 2.88. The summed E-state index contributed by atoms with van der Waals surface area (Å²) in [6, 6.07) is 0. The van der Waals surface area contributed by atoms with Crippen molar-refractivity contribution in [3.8, 4) is 0 Å². The van der Waals surface area contributed by atoms with Crippen molar-refractivity contribution < 1.29 is 4.79 Å². The lowest BCUT2D eigenvalue weighted by Crippen LogP contribution is -2.38. The second-order valence-corrected chi connectivity index (χ2v) is 6.66. The Balaban J connectivity index is 1.97. The summed E-state index contributed by atoms with van der Waals surface area (Å²) in [6.45, 7) is 6.39. The number of carbonyl (C=O) groups excluding carboxylic acids is 1. The van der Waals surface area contributed by atoms with E-state index >= 15 is 0 Å². The van der Waals surface area contributed by atoms with Gasteiger partial charge in [-0.25, -0.2) is 0 Å². The molecule has 17 heavy (non-hydrogen) atoms. The molecule has 1 aliphatic carbocycles. The number of amides is 1. The van der Waals surface area contributed by atoms with Crippen LogP contribution in [0, 0.1) is 17.3 Å². The van der Waals surface area contributed by atoms with Crippen LogP contribution in [0.4, 0.5) is 0 Å². The van der Waals surface area contributed by atoms with Crippen LogP contribution >= 0.6 is 12.6 Å². The van der Waals surface area contributed by atoms with Crippen molar-refractivity contribution in [2.24, 2.45) is 17.3 Å². The molecule has 1 amide bonds. The first-order valence-corrected chi connectivity index (χ1v) is 7.58. The monoisotopic (exact) mass is 255 g/mol. The van der Waals surface area contributed by atoms with Crippen LogP contribution in [-0.2, 0) is 4.79 Å². The van der Waals surface area contributed by atoms with Crippen LogP contribution < -0.4 is 0 Å². The van der Waals surface area contributed by atoms with Gasteiger partial charge in [-0.1, -0.05) is 26.7 Å². The molecule has 2 nitrogen and oxygen atoms in total. The van der Waals surface area contributed by atoms with E-state index in [2.05, 4.69) is 31.4 Å². The average molecular weight is 255 g/mol. The molecule has 1 aliphatic heterocycles. The Hall–Kier alpha value is -0.180. The maximum atomic E-state index is 12.0. The molecule has 1 atom stereocenters. The van der Waals surface area contributed by atoms with Gasteiger partial charge in [0.1, 0.15) is 0 Å². The maximum absolute atomic E-state index is 12.0. The minimum atomic E-state index is 0.324. The predicted molar refractivity (Wildman–Crippen MR) is 74.3 cm³/mol. The molecule has 0 N–H and O–H groups in total. The molecular formula is C14H25NOS. The first-order chi connectivity index (χ1) is 8.06. The third kappa shape index (κ3) is 2.81. The molecule has 0 radical (unpaired) electrons. The van der Waals surface area contributed by atoms with Gasteiger partial charge < -0.3 is 4.90 Å². The van der Waals surface area contributed by atoms with Crippen molar-refractivity contribution in [2.75, 3.05) is 18.8 Å². The zero-order valence-electron chi connectivity index (χ0n) is 11.1. The predicted octanol–water partition coefficient (Wildman–Crippen LogP) is 2.98. The van der Waals surface area contributed by atoms with E-state index in [0.717, 1.165) is 25.3 Å². The van der Waals surface area contributed by atoms with Crippen LogP contribution in [0.25, 0.3) is 0 Å². The number of thiol groups is 1. The number of hydrogen-bond donors (Lipinski definition) is 1. The summed E-state index contributed by atoms with van der Waals surface area (Å²) in [4.78, 5) is 14.2. The summed E-state index contributed by atoms with van der Waals surface area (Å²) < 4.78 is 0. The highest BCUT2D eigenvalue weighted by Gasteiger charge is 2.39. The summed E-state index contributed by atoms with van der Waals surface area (Å²) in [5, 5.41) is 0. The molecule has 98 valence electrons. The molecule has 2 aliphatic rings. The lowest BCUT2D eigenvalue weighted by atomic mass is 9.88. The molecule has 1 unspecified atom stereocenters. The second kappa shape index (κ2) is 5.21. The highest BCUT2D eigenvalue weighted by Crippen LogP contribution is 2.41. The van der Waals surface area contributed by atoms with Crippen molar-refractivity contribution in [3.05, 3.63) is 0 Å². The number of hydrogen-bond acceptors (Lipinski definition) is 2. The van der Waals surface area contributed by atoms with E-state index in [4.69, 9.17) is 0 Å². The van der Waals surface area contributed by atoms with E-state index in [-0.39, 0.29) is 0 Å². The van der Waals surface area contributed by atoms with E-state index < -0.39 is 0 Å². The van der Waals surface area contributed by atoms with Crippen LogP contribution in [-0.4, -0.2) is 29.6 Å². The molecule has 0 aromatic carbocycles. The largest absolute Gasteiger partial charge is 0.342 e. The standard InChI is InChI=1S/C14H25NOS/c1-11(2)12-7-13(16)15(8-12)9-14(10-17)5-3-4-6-14/h11-12,17H,3-10H2,1-2H3. The Kier molecular flexibility index (Phi) is 4.06. The van der Waals surface area contributed by atoms with Gasteiger partial charge in [0.15, 0.2) is 0 Å². The summed E-state index contributed by atoms with van der Waals surface area (Å²) in [5.74, 6) is 2.50. The van der Waals surface area contributed by atoms with Crippen LogP contribution in [0.15, 0.2) is 0 Å². The Morgan fingerprint density at radius 3 is 2.53 bits per heavy atom. The Morgan fingerprint density at radius 2 is 2.06 bits per heavy atom. The summed E-state index contributed by atoms with van der Waals surface area (Å²) in [5.41, 5.74) is 0.324. The number of carbonyl (C=O) groups is 1. The number of likely N-dealkylation sites (tertiary alicyclic amines) is 1. The Labute approximate surface area is 111 Å². The fourth-order valence-corrected chi connectivity index (χ4v) is 3.71. The molecular weight excluding hydrogens is 230 g/mol. The molecule has 0 spiro atoms.